The fourth-order valence-electron chi connectivity index (χ4n) is 3.09. The fraction of sp³-hybridized carbons (Fsp3) is 0.368. The first-order valence-electron chi connectivity index (χ1n) is 8.08. The average molecular weight is 352 g/mol. The molecule has 0 aromatic heterocycles. The van der Waals surface area contributed by atoms with Gasteiger partial charge in [-0.05, 0) is 61.2 Å². The molecule has 1 saturated heterocycles. The zero-order valence-electron chi connectivity index (χ0n) is 13.5. The summed E-state index contributed by atoms with van der Waals surface area (Å²) in [5.74, 6) is 1.43. The van der Waals surface area contributed by atoms with Crippen molar-refractivity contribution in [1.82, 2.24) is 4.90 Å². The smallest absolute Gasteiger partial charge is 0.126 e. The van der Waals surface area contributed by atoms with E-state index in [9.17, 15) is 9.50 Å². The topological polar surface area (TPSA) is 32.7 Å². The molecule has 3 rings (SSSR count). The number of benzene rings is 2. The molecule has 0 aliphatic carbocycles. The van der Waals surface area contributed by atoms with E-state index in [4.69, 9.17) is 4.74 Å². The molecule has 130 valence electrons. The number of aromatic hydroxyl groups is 1. The molecule has 0 amide bonds. The van der Waals surface area contributed by atoms with Gasteiger partial charge in [0.05, 0.1) is 0 Å². The Morgan fingerprint density at radius 2 is 1.88 bits per heavy atom. The number of hydrogen-bond acceptors (Lipinski definition) is 3. The minimum absolute atomic E-state index is 0. The number of halogens is 2. The monoisotopic (exact) mass is 351 g/mol. The summed E-state index contributed by atoms with van der Waals surface area (Å²) in [6.07, 6.45) is 1.91. The molecule has 1 aliphatic rings. The lowest BCUT2D eigenvalue weighted by Crippen LogP contribution is -2.26. The Morgan fingerprint density at radius 1 is 1.12 bits per heavy atom. The second kappa shape index (κ2) is 8.90. The third kappa shape index (κ3) is 5.11. The Hall–Kier alpha value is -1.78. The highest BCUT2D eigenvalue weighted by Gasteiger charge is 2.23. The van der Waals surface area contributed by atoms with Crippen molar-refractivity contribution in [3.05, 3.63) is 59.9 Å². The van der Waals surface area contributed by atoms with E-state index < -0.39 is 0 Å². The van der Waals surface area contributed by atoms with Gasteiger partial charge in [0, 0.05) is 13.1 Å². The van der Waals surface area contributed by atoms with Gasteiger partial charge in [-0.3, -0.25) is 4.90 Å². The summed E-state index contributed by atoms with van der Waals surface area (Å²) in [5, 5.41) is 9.23. The molecular weight excluding hydrogens is 329 g/mol. The molecule has 0 radical (unpaired) electrons. The molecule has 1 atom stereocenters. The van der Waals surface area contributed by atoms with Gasteiger partial charge in [-0.1, -0.05) is 18.2 Å². The van der Waals surface area contributed by atoms with Crippen LogP contribution in [0.2, 0.25) is 0 Å². The zero-order chi connectivity index (χ0) is 16.1. The highest BCUT2D eigenvalue weighted by Crippen LogP contribution is 2.22. The van der Waals surface area contributed by atoms with Gasteiger partial charge >= 0.3 is 0 Å². The van der Waals surface area contributed by atoms with Crippen LogP contribution in [0.15, 0.2) is 48.5 Å². The highest BCUT2D eigenvalue weighted by atomic mass is 35.5. The summed E-state index contributed by atoms with van der Waals surface area (Å²) < 4.78 is 19.4. The van der Waals surface area contributed by atoms with Crippen LogP contribution < -0.4 is 4.74 Å². The molecule has 0 bridgehead atoms. The number of rotatable bonds is 6. The normalized spacial score (nSPS) is 17.5. The summed E-state index contributed by atoms with van der Waals surface area (Å²) in [6.45, 7) is 3.52. The van der Waals surface area contributed by atoms with Crippen molar-refractivity contribution >= 4 is 12.4 Å². The highest BCUT2D eigenvalue weighted by molar-refractivity contribution is 5.85. The molecule has 1 unspecified atom stereocenters. The molecule has 1 aliphatic heterocycles. The maximum absolute atomic E-state index is 13.7. The molecule has 2 aromatic rings. The van der Waals surface area contributed by atoms with Crippen LogP contribution in [0.4, 0.5) is 4.39 Å². The van der Waals surface area contributed by atoms with Crippen molar-refractivity contribution in [2.45, 2.75) is 12.8 Å². The molecule has 0 spiro atoms. The van der Waals surface area contributed by atoms with Gasteiger partial charge in [0.25, 0.3) is 0 Å². The van der Waals surface area contributed by atoms with Gasteiger partial charge in [-0.2, -0.15) is 0 Å². The van der Waals surface area contributed by atoms with E-state index >= 15 is 0 Å². The Morgan fingerprint density at radius 3 is 2.62 bits per heavy atom. The van der Waals surface area contributed by atoms with Gasteiger partial charge in [-0.15, -0.1) is 12.4 Å². The number of hydrogen-bond donors (Lipinski definition) is 1. The predicted molar refractivity (Wildman–Crippen MR) is 95.5 cm³/mol. The number of likely N-dealkylation sites (tertiary alicyclic amines) is 1. The van der Waals surface area contributed by atoms with Crippen molar-refractivity contribution in [1.29, 1.82) is 0 Å². The van der Waals surface area contributed by atoms with Gasteiger partial charge in [0.15, 0.2) is 0 Å². The van der Waals surface area contributed by atoms with E-state index in [2.05, 4.69) is 4.90 Å². The van der Waals surface area contributed by atoms with Crippen molar-refractivity contribution in [3.8, 4) is 11.5 Å². The molecule has 3 nitrogen and oxygen atoms in total. The first-order chi connectivity index (χ1) is 11.2. The minimum atomic E-state index is -0.0957. The lowest BCUT2D eigenvalue weighted by atomic mass is 9.98. The van der Waals surface area contributed by atoms with Crippen LogP contribution in [-0.4, -0.2) is 36.2 Å². The van der Waals surface area contributed by atoms with Crippen molar-refractivity contribution in [2.24, 2.45) is 5.92 Å². The summed E-state index contributed by atoms with van der Waals surface area (Å²) in [4.78, 5) is 2.37. The number of phenolic OH excluding ortho intramolecular Hbond substituents is 1. The van der Waals surface area contributed by atoms with Gasteiger partial charge in [0.1, 0.15) is 23.9 Å². The number of ether oxygens (including phenoxy) is 1. The summed E-state index contributed by atoms with van der Waals surface area (Å²) in [5.41, 5.74) is 0.819. The molecule has 24 heavy (non-hydrogen) atoms. The van der Waals surface area contributed by atoms with Crippen LogP contribution in [0, 0.1) is 11.7 Å². The minimum Gasteiger partial charge on any atom is -0.508 e. The molecule has 2 aromatic carbocycles. The number of nitrogens with zero attached hydrogens (tertiary/aromatic N) is 1. The summed E-state index contributed by atoms with van der Waals surface area (Å²) >= 11 is 0. The van der Waals surface area contributed by atoms with Crippen molar-refractivity contribution < 1.29 is 14.2 Å². The summed E-state index contributed by atoms with van der Waals surface area (Å²) in [6, 6.07) is 13.8. The van der Waals surface area contributed by atoms with Crippen LogP contribution in [0.5, 0.6) is 11.5 Å². The van der Waals surface area contributed by atoms with E-state index in [0.717, 1.165) is 43.8 Å². The third-order valence-electron chi connectivity index (χ3n) is 4.35. The van der Waals surface area contributed by atoms with Crippen LogP contribution in [0.25, 0.3) is 0 Å². The zero-order valence-corrected chi connectivity index (χ0v) is 14.3. The van der Waals surface area contributed by atoms with Crippen molar-refractivity contribution in [3.63, 3.8) is 0 Å². The Bertz CT molecular complexity index is 636. The third-order valence-corrected chi connectivity index (χ3v) is 4.35. The second-order valence-electron chi connectivity index (χ2n) is 6.09. The quantitative estimate of drug-likeness (QED) is 0.856. The van der Waals surface area contributed by atoms with Crippen LogP contribution >= 0.6 is 12.4 Å². The second-order valence-corrected chi connectivity index (χ2v) is 6.09. The Labute approximate surface area is 148 Å². The van der Waals surface area contributed by atoms with E-state index in [-0.39, 0.29) is 24.0 Å². The predicted octanol–water partition coefficient (Wildman–Crippen LogP) is 3.90. The molecule has 5 heteroatoms. The first kappa shape index (κ1) is 18.6. The Balaban J connectivity index is 0.00000208. The number of phenols is 1. The van der Waals surface area contributed by atoms with Crippen LogP contribution in [0.3, 0.4) is 0 Å². The van der Waals surface area contributed by atoms with Crippen LogP contribution in [-0.2, 0) is 6.42 Å². The van der Waals surface area contributed by atoms with E-state index in [1.165, 1.54) is 6.07 Å². The largest absolute Gasteiger partial charge is 0.508 e. The molecular formula is C19H23ClFNO2. The Kier molecular flexibility index (Phi) is 6.88. The fourth-order valence-corrected chi connectivity index (χ4v) is 3.09. The first-order valence-corrected chi connectivity index (χ1v) is 8.08. The van der Waals surface area contributed by atoms with Crippen LogP contribution in [0.1, 0.15) is 12.0 Å². The van der Waals surface area contributed by atoms with Gasteiger partial charge in [0.2, 0.25) is 0 Å². The molecule has 0 saturated carbocycles. The van der Waals surface area contributed by atoms with E-state index in [0.29, 0.717) is 12.5 Å². The van der Waals surface area contributed by atoms with Gasteiger partial charge in [-0.25, -0.2) is 4.39 Å². The molecule has 1 N–H and O–H groups in total. The lowest BCUT2D eigenvalue weighted by molar-refractivity contribution is 0.232. The molecule has 1 heterocycles. The van der Waals surface area contributed by atoms with E-state index in [1.807, 2.05) is 12.1 Å². The summed E-state index contributed by atoms with van der Waals surface area (Å²) in [7, 11) is 0. The van der Waals surface area contributed by atoms with Gasteiger partial charge < -0.3 is 9.84 Å². The van der Waals surface area contributed by atoms with E-state index in [1.54, 1.807) is 30.3 Å². The lowest BCUT2D eigenvalue weighted by Gasteiger charge is -2.16. The van der Waals surface area contributed by atoms with Crippen molar-refractivity contribution in [2.75, 3.05) is 26.2 Å². The molecule has 1 fully saturated rings. The SMILES string of the molecule is Cl.Oc1ccc(OCCN2CCC(Cc3ccccc3F)C2)cc1. The maximum Gasteiger partial charge on any atom is 0.126 e. The standard InChI is InChI=1S/C19H22FNO2.ClH/c20-19-4-2-1-3-16(19)13-15-9-10-21(14-15)11-12-23-18-7-5-17(22)6-8-18;/h1-8,15,22H,9-14H2;1H. The maximum atomic E-state index is 13.7. The average Bonchev–Trinajstić information content (AvgIpc) is 2.99.